The van der Waals surface area contributed by atoms with Crippen molar-refractivity contribution in [3.8, 4) is 5.75 Å². The van der Waals surface area contributed by atoms with Crippen LogP contribution >= 0.6 is 11.6 Å². The summed E-state index contributed by atoms with van der Waals surface area (Å²) >= 11 is 5.95. The lowest BCUT2D eigenvalue weighted by atomic mass is 9.81. The van der Waals surface area contributed by atoms with E-state index < -0.39 is 12.2 Å². The number of halogens is 1. The zero-order valence-corrected chi connectivity index (χ0v) is 17.6. The van der Waals surface area contributed by atoms with Crippen LogP contribution in [0, 0.1) is 0 Å². The van der Waals surface area contributed by atoms with Crippen molar-refractivity contribution in [2.75, 3.05) is 19.6 Å². The Labute approximate surface area is 181 Å². The molecule has 30 heavy (non-hydrogen) atoms. The Morgan fingerprint density at radius 3 is 2.53 bits per heavy atom. The van der Waals surface area contributed by atoms with Crippen LogP contribution in [0.4, 0.5) is 0 Å². The molecule has 4 nitrogen and oxygen atoms in total. The highest BCUT2D eigenvalue weighted by molar-refractivity contribution is 6.30. The number of benzene rings is 3. The van der Waals surface area contributed by atoms with E-state index in [-0.39, 0.29) is 5.60 Å². The van der Waals surface area contributed by atoms with Gasteiger partial charge in [0.15, 0.2) is 0 Å². The summed E-state index contributed by atoms with van der Waals surface area (Å²) in [6.45, 7) is 2.24. The zero-order chi connectivity index (χ0) is 20.7. The Morgan fingerprint density at radius 2 is 1.77 bits per heavy atom. The number of aliphatic hydroxyl groups excluding tert-OH is 2. The van der Waals surface area contributed by atoms with Gasteiger partial charge < -0.3 is 19.8 Å². The summed E-state index contributed by atoms with van der Waals surface area (Å²) in [6, 6.07) is 19.6. The molecule has 0 bridgehead atoms. The van der Waals surface area contributed by atoms with Crippen LogP contribution in [0.3, 0.4) is 0 Å². The Morgan fingerprint density at radius 1 is 1.03 bits per heavy atom. The molecule has 156 valence electrons. The summed E-state index contributed by atoms with van der Waals surface area (Å²) < 4.78 is 6.63. The van der Waals surface area contributed by atoms with Gasteiger partial charge in [-0.2, -0.15) is 0 Å². The van der Waals surface area contributed by atoms with E-state index in [2.05, 4.69) is 23.1 Å². The van der Waals surface area contributed by atoms with E-state index in [0.717, 1.165) is 53.6 Å². The average molecular weight is 424 g/mol. The van der Waals surface area contributed by atoms with E-state index in [0.29, 0.717) is 18.0 Å². The summed E-state index contributed by atoms with van der Waals surface area (Å²) in [5.41, 5.74) is 1.42. The van der Waals surface area contributed by atoms with Crippen molar-refractivity contribution in [1.29, 1.82) is 0 Å². The second-order valence-electron chi connectivity index (χ2n) is 8.58. The van der Waals surface area contributed by atoms with Crippen LogP contribution in [0.1, 0.15) is 42.6 Å². The fourth-order valence-electron chi connectivity index (χ4n) is 4.84. The van der Waals surface area contributed by atoms with E-state index in [9.17, 15) is 10.2 Å². The molecule has 0 amide bonds. The maximum atomic E-state index is 10.9. The topological polar surface area (TPSA) is 52.9 Å². The molecule has 5 heteroatoms. The predicted octanol–water partition coefficient (Wildman–Crippen LogP) is 4.88. The van der Waals surface area contributed by atoms with Crippen LogP contribution in [-0.2, 0) is 0 Å². The average Bonchev–Trinajstić information content (AvgIpc) is 2.76. The van der Waals surface area contributed by atoms with Gasteiger partial charge in [0.05, 0.1) is 12.2 Å². The molecule has 2 heterocycles. The molecule has 0 radical (unpaired) electrons. The number of rotatable bonds is 3. The van der Waals surface area contributed by atoms with Crippen molar-refractivity contribution in [2.24, 2.45) is 0 Å². The quantitative estimate of drug-likeness (QED) is 0.630. The van der Waals surface area contributed by atoms with Gasteiger partial charge in [0.25, 0.3) is 0 Å². The SMILES string of the molecule is OC(CN1CCC2(CC1)CC(O)c1ccc3ccccc3c1O2)c1ccc(Cl)cc1. The summed E-state index contributed by atoms with van der Waals surface area (Å²) in [5, 5.41) is 24.3. The number of hydrogen-bond acceptors (Lipinski definition) is 4. The first-order valence-corrected chi connectivity index (χ1v) is 11.0. The Kier molecular flexibility index (Phi) is 5.19. The van der Waals surface area contributed by atoms with Gasteiger partial charge in [-0.05, 0) is 35.9 Å². The molecule has 2 N–H and O–H groups in total. The summed E-state index contributed by atoms with van der Waals surface area (Å²) in [7, 11) is 0. The van der Waals surface area contributed by atoms with Gasteiger partial charge in [-0.3, -0.25) is 0 Å². The summed E-state index contributed by atoms with van der Waals surface area (Å²) in [6.07, 6.45) is 1.23. The van der Waals surface area contributed by atoms with E-state index in [1.54, 1.807) is 0 Å². The third-order valence-corrected chi connectivity index (χ3v) is 6.86. The molecule has 2 aliphatic heterocycles. The molecule has 0 saturated carbocycles. The molecule has 3 aromatic rings. The number of hydrogen-bond donors (Lipinski definition) is 2. The minimum atomic E-state index is -0.543. The fourth-order valence-corrected chi connectivity index (χ4v) is 4.97. The van der Waals surface area contributed by atoms with Gasteiger partial charge >= 0.3 is 0 Å². The molecule has 3 aromatic carbocycles. The lowest BCUT2D eigenvalue weighted by Gasteiger charge is -2.46. The molecular formula is C25H26ClNO3. The molecule has 1 fully saturated rings. The van der Waals surface area contributed by atoms with Crippen molar-refractivity contribution in [1.82, 2.24) is 4.90 Å². The number of nitrogens with zero attached hydrogens (tertiary/aromatic N) is 1. The number of aliphatic hydroxyl groups is 2. The third kappa shape index (κ3) is 3.69. The predicted molar refractivity (Wildman–Crippen MR) is 119 cm³/mol. The van der Waals surface area contributed by atoms with Gasteiger partial charge in [-0.15, -0.1) is 0 Å². The zero-order valence-electron chi connectivity index (χ0n) is 16.8. The Hall–Kier alpha value is -2.11. The van der Waals surface area contributed by atoms with Gasteiger partial charge in [0.1, 0.15) is 11.4 Å². The third-order valence-electron chi connectivity index (χ3n) is 6.61. The summed E-state index contributed by atoms with van der Waals surface area (Å²) in [4.78, 5) is 2.28. The molecule has 5 rings (SSSR count). The minimum Gasteiger partial charge on any atom is -0.486 e. The second-order valence-corrected chi connectivity index (χ2v) is 9.01. The number of likely N-dealkylation sites (tertiary alicyclic amines) is 1. The highest BCUT2D eigenvalue weighted by Gasteiger charge is 2.43. The van der Waals surface area contributed by atoms with Crippen molar-refractivity contribution < 1.29 is 14.9 Å². The highest BCUT2D eigenvalue weighted by atomic mass is 35.5. The molecule has 0 aliphatic carbocycles. The van der Waals surface area contributed by atoms with Crippen LogP contribution in [0.25, 0.3) is 10.8 Å². The Balaban J connectivity index is 1.30. The Bertz CT molecular complexity index is 1040. The van der Waals surface area contributed by atoms with Gasteiger partial charge in [0.2, 0.25) is 0 Å². The van der Waals surface area contributed by atoms with E-state index >= 15 is 0 Å². The van der Waals surface area contributed by atoms with E-state index in [1.165, 1.54) is 0 Å². The number of β-amino-alcohol motifs (C(OH)–C–C–N with tert-alkyl or cyclic N) is 1. The van der Waals surface area contributed by atoms with Crippen LogP contribution in [-0.4, -0.2) is 40.3 Å². The lowest BCUT2D eigenvalue weighted by Crippen LogP contribution is -2.51. The fraction of sp³-hybridized carbons (Fsp3) is 0.360. The molecule has 2 atom stereocenters. The molecule has 2 unspecified atom stereocenters. The van der Waals surface area contributed by atoms with Crippen molar-refractivity contribution in [3.05, 3.63) is 76.8 Å². The largest absolute Gasteiger partial charge is 0.486 e. The maximum absolute atomic E-state index is 10.9. The second kappa shape index (κ2) is 7.86. The monoisotopic (exact) mass is 423 g/mol. The molecule has 1 saturated heterocycles. The number of piperidine rings is 1. The first-order valence-electron chi connectivity index (χ1n) is 10.6. The van der Waals surface area contributed by atoms with Gasteiger partial charge in [0, 0.05) is 42.0 Å². The van der Waals surface area contributed by atoms with Crippen molar-refractivity contribution in [2.45, 2.75) is 37.1 Å². The summed E-state index contributed by atoms with van der Waals surface area (Å²) in [5.74, 6) is 0.835. The van der Waals surface area contributed by atoms with Crippen molar-refractivity contribution in [3.63, 3.8) is 0 Å². The van der Waals surface area contributed by atoms with Crippen LogP contribution in [0.2, 0.25) is 5.02 Å². The maximum Gasteiger partial charge on any atom is 0.133 e. The number of fused-ring (bicyclic) bond motifs is 3. The van der Waals surface area contributed by atoms with E-state index in [1.807, 2.05) is 42.5 Å². The van der Waals surface area contributed by atoms with Crippen molar-refractivity contribution >= 4 is 22.4 Å². The molecule has 0 aromatic heterocycles. The minimum absolute atomic E-state index is 0.349. The molecule has 2 aliphatic rings. The van der Waals surface area contributed by atoms with Crippen LogP contribution < -0.4 is 4.74 Å². The van der Waals surface area contributed by atoms with Gasteiger partial charge in [-0.25, -0.2) is 0 Å². The van der Waals surface area contributed by atoms with Gasteiger partial charge in [-0.1, -0.05) is 60.1 Å². The normalized spacial score (nSPS) is 21.9. The van der Waals surface area contributed by atoms with Crippen LogP contribution in [0.5, 0.6) is 5.75 Å². The smallest absolute Gasteiger partial charge is 0.133 e. The highest BCUT2D eigenvalue weighted by Crippen LogP contribution is 2.47. The first kappa shape index (κ1) is 19.8. The van der Waals surface area contributed by atoms with Crippen LogP contribution in [0.15, 0.2) is 60.7 Å². The lowest BCUT2D eigenvalue weighted by molar-refractivity contribution is -0.0577. The molecule has 1 spiro atoms. The standard InChI is InChI=1S/C25H26ClNO3/c26-19-8-5-18(6-9-19)23(29)16-27-13-11-25(12-14-27)15-22(28)21-10-7-17-3-1-2-4-20(17)24(21)30-25/h1-10,22-23,28-29H,11-16H2. The molecular weight excluding hydrogens is 398 g/mol. The van der Waals surface area contributed by atoms with E-state index in [4.69, 9.17) is 16.3 Å². The number of ether oxygens (including phenoxy) is 1. The first-order chi connectivity index (χ1) is 14.5.